The maximum absolute atomic E-state index is 5.44. The lowest BCUT2D eigenvalue weighted by molar-refractivity contribution is 1.46. The van der Waals surface area contributed by atoms with Crippen LogP contribution < -0.4 is 0 Å². The predicted octanol–water partition coefficient (Wildman–Crippen LogP) is 2.03. The molecule has 0 saturated heterocycles. The predicted molar refractivity (Wildman–Crippen MR) is 42.7 cm³/mol. The van der Waals surface area contributed by atoms with Crippen molar-refractivity contribution in [3.8, 4) is 0 Å². The van der Waals surface area contributed by atoms with Crippen molar-refractivity contribution >= 4 is 35.1 Å². The molecule has 0 aliphatic carbocycles. The number of aliphatic imine (C=N–C) groups is 2. The lowest BCUT2D eigenvalue weighted by atomic mass is 10.6. The zero-order valence-corrected chi connectivity index (χ0v) is 6.45. The third kappa shape index (κ3) is 4.18. The molecule has 0 fully saturated rings. The van der Waals surface area contributed by atoms with Gasteiger partial charge in [0.25, 0.3) is 0 Å². The molecule has 0 N–H and O–H groups in total. The summed E-state index contributed by atoms with van der Waals surface area (Å²) in [6, 6.07) is 0. The van der Waals surface area contributed by atoms with E-state index in [1.165, 1.54) is 6.08 Å². The van der Waals surface area contributed by atoms with Crippen molar-refractivity contribution in [2.24, 2.45) is 9.98 Å². The van der Waals surface area contributed by atoms with E-state index in [0.29, 0.717) is 5.17 Å². The minimum Gasteiger partial charge on any atom is -0.276 e. The summed E-state index contributed by atoms with van der Waals surface area (Å²) < 4.78 is 0. The topological polar surface area (TPSA) is 24.7 Å². The number of rotatable bonds is 2. The highest BCUT2D eigenvalue weighted by Gasteiger charge is 1.87. The van der Waals surface area contributed by atoms with Crippen molar-refractivity contribution in [2.45, 2.75) is 0 Å². The Hall–Kier alpha value is -0.340. The van der Waals surface area contributed by atoms with Crippen LogP contribution in [0.2, 0.25) is 0 Å². The first-order chi connectivity index (χ1) is 4.20. The molecule has 0 radical (unpaired) electrons. The Morgan fingerprint density at radius 2 is 2.11 bits per heavy atom. The molecule has 0 spiro atoms. The van der Waals surface area contributed by atoms with Crippen LogP contribution in [0.15, 0.2) is 21.2 Å². The van der Waals surface area contributed by atoms with Gasteiger partial charge in [0.2, 0.25) is 0 Å². The van der Waals surface area contributed by atoms with Crippen LogP contribution in [0.25, 0.3) is 0 Å². The van der Waals surface area contributed by atoms with Crippen LogP contribution in [0.4, 0.5) is 0 Å². The van der Waals surface area contributed by atoms with Crippen LogP contribution in [-0.2, 0) is 0 Å². The number of hydrogen-bond acceptors (Lipinski definition) is 2. The molecule has 0 bridgehead atoms. The summed E-state index contributed by atoms with van der Waals surface area (Å²) in [6.45, 7) is 3.18. The summed E-state index contributed by atoms with van der Waals surface area (Å²) in [6.07, 6.45) is 1.41. The lowest BCUT2D eigenvalue weighted by Crippen LogP contribution is -1.78. The summed E-state index contributed by atoms with van der Waals surface area (Å²) in [5, 5.41) is 0.554. The molecule has 50 valence electrons. The fourth-order valence-electron chi connectivity index (χ4n) is 0.208. The maximum atomic E-state index is 5.44. The van der Waals surface area contributed by atoms with Gasteiger partial charge in [-0.1, -0.05) is 23.2 Å². The molecular formula is C5H6Cl2N2. The molecule has 4 heteroatoms. The molecule has 2 nitrogen and oxygen atoms in total. The zero-order valence-electron chi connectivity index (χ0n) is 4.93. The van der Waals surface area contributed by atoms with E-state index in [9.17, 15) is 0 Å². The Morgan fingerprint density at radius 3 is 2.44 bits per heavy atom. The zero-order chi connectivity index (χ0) is 7.28. The van der Waals surface area contributed by atoms with Crippen LogP contribution in [0.5, 0.6) is 0 Å². The molecular weight excluding hydrogens is 159 g/mol. The minimum atomic E-state index is 0.241. The molecule has 0 atom stereocenters. The van der Waals surface area contributed by atoms with Crippen molar-refractivity contribution in [3.05, 3.63) is 11.2 Å². The molecule has 0 amide bonds. The van der Waals surface area contributed by atoms with Gasteiger partial charge in [-0.15, -0.1) is 0 Å². The van der Waals surface area contributed by atoms with Gasteiger partial charge in [0, 0.05) is 13.1 Å². The molecule has 0 saturated carbocycles. The molecule has 0 aromatic rings. The first kappa shape index (κ1) is 8.66. The standard InChI is InChI=1S/C5H6Cl2N2/c1-8-4(6)3-5(7)9-2/h3H,1H2,2H3/b4-3-,9-5+. The van der Waals surface area contributed by atoms with Crippen LogP contribution in [0, 0.1) is 0 Å². The van der Waals surface area contributed by atoms with Gasteiger partial charge in [-0.25, -0.2) is 0 Å². The van der Waals surface area contributed by atoms with E-state index in [4.69, 9.17) is 23.2 Å². The normalized spacial score (nSPS) is 13.7. The Bertz CT molecular complexity index is 160. The third-order valence-corrected chi connectivity index (χ3v) is 1.11. The molecule has 0 rings (SSSR count). The smallest absolute Gasteiger partial charge is 0.131 e. The second-order valence-corrected chi connectivity index (χ2v) is 1.95. The highest BCUT2D eigenvalue weighted by atomic mass is 35.5. The lowest BCUT2D eigenvalue weighted by Gasteiger charge is -1.84. The largest absolute Gasteiger partial charge is 0.276 e. The van der Waals surface area contributed by atoms with E-state index < -0.39 is 0 Å². The van der Waals surface area contributed by atoms with Gasteiger partial charge in [-0.2, -0.15) is 0 Å². The minimum absolute atomic E-state index is 0.241. The summed E-state index contributed by atoms with van der Waals surface area (Å²) in [5.41, 5.74) is 0. The summed E-state index contributed by atoms with van der Waals surface area (Å²) in [4.78, 5) is 7.00. The SMILES string of the molecule is C=N/C(Cl)=C\C(Cl)=N/C. The van der Waals surface area contributed by atoms with E-state index in [-0.39, 0.29) is 5.16 Å². The van der Waals surface area contributed by atoms with E-state index in [2.05, 4.69) is 16.7 Å². The molecule has 0 aliphatic rings. The van der Waals surface area contributed by atoms with E-state index in [1.807, 2.05) is 0 Å². The van der Waals surface area contributed by atoms with E-state index in [1.54, 1.807) is 7.05 Å². The van der Waals surface area contributed by atoms with Crippen LogP contribution >= 0.6 is 23.2 Å². The number of allylic oxidation sites excluding steroid dienone is 1. The summed E-state index contributed by atoms with van der Waals surface area (Å²) >= 11 is 10.8. The summed E-state index contributed by atoms with van der Waals surface area (Å²) in [5.74, 6) is 0. The van der Waals surface area contributed by atoms with Gasteiger partial charge in [0.1, 0.15) is 10.3 Å². The van der Waals surface area contributed by atoms with Crippen LogP contribution in [0.3, 0.4) is 0 Å². The third-order valence-electron chi connectivity index (χ3n) is 0.603. The second kappa shape index (κ2) is 4.53. The van der Waals surface area contributed by atoms with Crippen molar-refractivity contribution in [2.75, 3.05) is 7.05 Å². The van der Waals surface area contributed by atoms with Crippen LogP contribution in [0.1, 0.15) is 0 Å². The average molecular weight is 165 g/mol. The number of halogens is 2. The van der Waals surface area contributed by atoms with Crippen molar-refractivity contribution in [3.63, 3.8) is 0 Å². The molecule has 0 aromatic heterocycles. The first-order valence-corrected chi connectivity index (χ1v) is 2.92. The Labute approximate surface area is 63.9 Å². The monoisotopic (exact) mass is 164 g/mol. The van der Waals surface area contributed by atoms with E-state index in [0.717, 1.165) is 0 Å². The van der Waals surface area contributed by atoms with Gasteiger partial charge < -0.3 is 0 Å². The van der Waals surface area contributed by atoms with Gasteiger partial charge in [-0.05, 0) is 6.72 Å². The molecule has 0 aromatic carbocycles. The van der Waals surface area contributed by atoms with Gasteiger partial charge in [-0.3, -0.25) is 9.98 Å². The number of nitrogens with zero attached hydrogens (tertiary/aromatic N) is 2. The highest BCUT2D eigenvalue weighted by Crippen LogP contribution is 2.02. The first-order valence-electron chi connectivity index (χ1n) is 2.17. The van der Waals surface area contributed by atoms with Crippen molar-refractivity contribution < 1.29 is 0 Å². The Balaban J connectivity index is 4.11. The fourth-order valence-corrected chi connectivity index (χ4v) is 0.471. The highest BCUT2D eigenvalue weighted by molar-refractivity contribution is 6.68. The quantitative estimate of drug-likeness (QED) is 0.441. The molecule has 0 heterocycles. The fraction of sp³-hybridized carbons (Fsp3) is 0.200. The van der Waals surface area contributed by atoms with Crippen molar-refractivity contribution in [1.82, 2.24) is 0 Å². The van der Waals surface area contributed by atoms with Gasteiger partial charge >= 0.3 is 0 Å². The Kier molecular flexibility index (Phi) is 4.36. The van der Waals surface area contributed by atoms with Crippen molar-refractivity contribution in [1.29, 1.82) is 0 Å². The van der Waals surface area contributed by atoms with Crippen LogP contribution in [-0.4, -0.2) is 18.9 Å². The average Bonchev–Trinajstić information content (AvgIpc) is 1.87. The molecule has 0 unspecified atom stereocenters. The maximum Gasteiger partial charge on any atom is 0.131 e. The summed E-state index contributed by atoms with van der Waals surface area (Å²) in [7, 11) is 1.56. The molecule has 0 aliphatic heterocycles. The Morgan fingerprint density at radius 1 is 1.56 bits per heavy atom. The number of hydrogen-bond donors (Lipinski definition) is 0. The second-order valence-electron chi connectivity index (χ2n) is 1.17. The molecule has 9 heavy (non-hydrogen) atoms. The van der Waals surface area contributed by atoms with E-state index >= 15 is 0 Å². The van der Waals surface area contributed by atoms with Gasteiger partial charge in [0.15, 0.2) is 0 Å². The van der Waals surface area contributed by atoms with Gasteiger partial charge in [0.05, 0.1) is 0 Å².